The van der Waals surface area contributed by atoms with Crippen molar-refractivity contribution in [2.24, 2.45) is 0 Å². The minimum atomic E-state index is 0.593. The Morgan fingerprint density at radius 2 is 2.05 bits per heavy atom. The minimum Gasteiger partial charge on any atom is -0.381 e. The van der Waals surface area contributed by atoms with Crippen LogP contribution in [0, 0.1) is 0 Å². The smallest absolute Gasteiger partial charge is 0.136 e. The standard InChI is InChI=1S/C16H20ClN3/c1-3-20(4-2)16-12-6-5-7-13(17)15(12)14(10-18-16)19-11-8-9-11/h5-7,10-11,19H,3-4,8-9H2,1-2H3. The average molecular weight is 290 g/mol. The van der Waals surface area contributed by atoms with Crippen LogP contribution in [0.1, 0.15) is 26.7 Å². The SMILES string of the molecule is CCN(CC)c1ncc(NC2CC2)c2c(Cl)cccc12. The van der Waals surface area contributed by atoms with Crippen molar-refractivity contribution in [1.82, 2.24) is 4.98 Å². The molecule has 0 atom stereocenters. The molecule has 3 nitrogen and oxygen atoms in total. The van der Waals surface area contributed by atoms with Crippen LogP contribution < -0.4 is 10.2 Å². The molecule has 0 amide bonds. The number of nitrogens with zero attached hydrogens (tertiary/aromatic N) is 2. The van der Waals surface area contributed by atoms with Crippen molar-refractivity contribution < 1.29 is 0 Å². The topological polar surface area (TPSA) is 28.2 Å². The number of nitrogens with one attached hydrogen (secondary N) is 1. The van der Waals surface area contributed by atoms with Crippen LogP contribution in [0.3, 0.4) is 0 Å². The van der Waals surface area contributed by atoms with E-state index in [0.29, 0.717) is 6.04 Å². The van der Waals surface area contributed by atoms with Crippen LogP contribution in [0.2, 0.25) is 5.02 Å². The molecule has 0 unspecified atom stereocenters. The minimum absolute atomic E-state index is 0.593. The van der Waals surface area contributed by atoms with Gasteiger partial charge in [-0.1, -0.05) is 23.7 Å². The van der Waals surface area contributed by atoms with Crippen molar-refractivity contribution in [3.63, 3.8) is 0 Å². The Hall–Kier alpha value is -1.48. The molecule has 0 radical (unpaired) electrons. The van der Waals surface area contributed by atoms with Crippen LogP contribution in [0.4, 0.5) is 11.5 Å². The first-order chi connectivity index (χ1) is 9.74. The van der Waals surface area contributed by atoms with Crippen LogP contribution >= 0.6 is 11.6 Å². The quantitative estimate of drug-likeness (QED) is 0.889. The summed E-state index contributed by atoms with van der Waals surface area (Å²) in [6.07, 6.45) is 4.41. The second-order valence-electron chi connectivity index (χ2n) is 5.25. The molecule has 1 aromatic carbocycles. The average Bonchev–Trinajstić information content (AvgIpc) is 3.26. The highest BCUT2D eigenvalue weighted by Gasteiger charge is 2.23. The number of hydrogen-bond acceptors (Lipinski definition) is 3. The molecule has 0 spiro atoms. The number of halogens is 1. The molecular weight excluding hydrogens is 270 g/mol. The summed E-state index contributed by atoms with van der Waals surface area (Å²) < 4.78 is 0. The molecule has 1 fully saturated rings. The van der Waals surface area contributed by atoms with E-state index in [0.717, 1.165) is 40.4 Å². The third-order valence-corrected chi connectivity index (χ3v) is 4.15. The van der Waals surface area contributed by atoms with E-state index in [1.165, 1.54) is 12.8 Å². The lowest BCUT2D eigenvalue weighted by Gasteiger charge is -2.23. The molecule has 2 aromatic rings. The van der Waals surface area contributed by atoms with Crippen LogP contribution in [0.15, 0.2) is 24.4 Å². The molecule has 0 aliphatic heterocycles. The van der Waals surface area contributed by atoms with Gasteiger partial charge in [-0.05, 0) is 32.8 Å². The van der Waals surface area contributed by atoms with E-state index in [-0.39, 0.29) is 0 Å². The summed E-state index contributed by atoms with van der Waals surface area (Å²) in [6, 6.07) is 6.66. The molecule has 1 saturated carbocycles. The lowest BCUT2D eigenvalue weighted by Crippen LogP contribution is -2.23. The second kappa shape index (κ2) is 5.49. The van der Waals surface area contributed by atoms with Crippen LogP contribution in [-0.4, -0.2) is 24.1 Å². The lowest BCUT2D eigenvalue weighted by atomic mass is 10.1. The van der Waals surface area contributed by atoms with E-state index < -0.39 is 0 Å². The summed E-state index contributed by atoms with van der Waals surface area (Å²) in [5.41, 5.74) is 1.06. The predicted molar refractivity (Wildman–Crippen MR) is 87.0 cm³/mol. The Morgan fingerprint density at radius 3 is 2.70 bits per heavy atom. The van der Waals surface area contributed by atoms with Gasteiger partial charge in [0.2, 0.25) is 0 Å². The normalized spacial score (nSPS) is 14.6. The third kappa shape index (κ3) is 2.42. The molecule has 1 N–H and O–H groups in total. The van der Waals surface area contributed by atoms with Crippen LogP contribution in [0.25, 0.3) is 10.8 Å². The number of hydrogen-bond donors (Lipinski definition) is 1. The van der Waals surface area contributed by atoms with Crippen molar-refractivity contribution in [3.05, 3.63) is 29.4 Å². The second-order valence-corrected chi connectivity index (χ2v) is 5.66. The van der Waals surface area contributed by atoms with E-state index in [2.05, 4.69) is 35.1 Å². The van der Waals surface area contributed by atoms with Crippen molar-refractivity contribution in [2.75, 3.05) is 23.3 Å². The molecule has 1 heterocycles. The highest BCUT2D eigenvalue weighted by molar-refractivity contribution is 6.37. The molecule has 106 valence electrons. The van der Waals surface area contributed by atoms with E-state index >= 15 is 0 Å². The maximum atomic E-state index is 6.44. The van der Waals surface area contributed by atoms with E-state index in [4.69, 9.17) is 11.6 Å². The summed E-state index contributed by atoms with van der Waals surface area (Å²) in [5, 5.41) is 6.56. The zero-order chi connectivity index (χ0) is 14.1. The largest absolute Gasteiger partial charge is 0.381 e. The van der Waals surface area contributed by atoms with Gasteiger partial charge in [0.25, 0.3) is 0 Å². The molecule has 1 aromatic heterocycles. The van der Waals surface area contributed by atoms with Crippen molar-refractivity contribution in [2.45, 2.75) is 32.7 Å². The van der Waals surface area contributed by atoms with Crippen LogP contribution in [0.5, 0.6) is 0 Å². The highest BCUT2D eigenvalue weighted by atomic mass is 35.5. The van der Waals surface area contributed by atoms with Gasteiger partial charge in [-0.3, -0.25) is 0 Å². The molecule has 1 aliphatic carbocycles. The molecule has 4 heteroatoms. The Balaban J connectivity index is 2.16. The monoisotopic (exact) mass is 289 g/mol. The summed E-state index contributed by atoms with van der Waals surface area (Å²) in [5.74, 6) is 1.02. The predicted octanol–water partition coefficient (Wildman–Crippen LogP) is 4.31. The van der Waals surface area contributed by atoms with E-state index in [1.54, 1.807) is 0 Å². The Morgan fingerprint density at radius 1 is 1.30 bits per heavy atom. The molecule has 1 aliphatic rings. The highest BCUT2D eigenvalue weighted by Crippen LogP contribution is 2.37. The Bertz CT molecular complexity index is 618. The molecule has 3 rings (SSSR count). The van der Waals surface area contributed by atoms with Gasteiger partial charge < -0.3 is 10.2 Å². The fourth-order valence-electron chi connectivity index (χ4n) is 2.58. The zero-order valence-electron chi connectivity index (χ0n) is 12.0. The Kier molecular flexibility index (Phi) is 3.70. The van der Waals surface area contributed by atoms with Gasteiger partial charge in [-0.15, -0.1) is 0 Å². The molecule has 20 heavy (non-hydrogen) atoms. The maximum absolute atomic E-state index is 6.44. The number of aromatic nitrogens is 1. The Labute approximate surface area is 124 Å². The van der Waals surface area contributed by atoms with Gasteiger partial charge in [0.15, 0.2) is 0 Å². The summed E-state index contributed by atoms with van der Waals surface area (Å²) in [4.78, 5) is 6.94. The number of fused-ring (bicyclic) bond motifs is 1. The fraction of sp³-hybridized carbons (Fsp3) is 0.438. The first kappa shape index (κ1) is 13.5. The number of anilines is 2. The first-order valence-corrected chi connectivity index (χ1v) is 7.71. The van der Waals surface area contributed by atoms with Gasteiger partial charge in [0, 0.05) is 29.9 Å². The van der Waals surface area contributed by atoms with Gasteiger partial charge in [-0.25, -0.2) is 4.98 Å². The summed E-state index contributed by atoms with van der Waals surface area (Å²) in [7, 11) is 0. The lowest BCUT2D eigenvalue weighted by molar-refractivity contribution is 0.851. The van der Waals surface area contributed by atoms with Gasteiger partial charge >= 0.3 is 0 Å². The molecular formula is C16H20ClN3. The molecule has 0 bridgehead atoms. The summed E-state index contributed by atoms with van der Waals surface area (Å²) in [6.45, 7) is 6.19. The summed E-state index contributed by atoms with van der Waals surface area (Å²) >= 11 is 6.44. The number of benzene rings is 1. The van der Waals surface area contributed by atoms with Gasteiger partial charge in [-0.2, -0.15) is 0 Å². The van der Waals surface area contributed by atoms with Crippen LogP contribution in [-0.2, 0) is 0 Å². The van der Waals surface area contributed by atoms with Gasteiger partial charge in [0.1, 0.15) is 5.82 Å². The van der Waals surface area contributed by atoms with Crippen molar-refractivity contribution in [1.29, 1.82) is 0 Å². The molecule has 0 saturated heterocycles. The number of rotatable bonds is 5. The zero-order valence-corrected chi connectivity index (χ0v) is 12.7. The van der Waals surface area contributed by atoms with Crippen molar-refractivity contribution >= 4 is 33.9 Å². The maximum Gasteiger partial charge on any atom is 0.136 e. The van der Waals surface area contributed by atoms with E-state index in [1.807, 2.05) is 18.3 Å². The number of pyridine rings is 1. The van der Waals surface area contributed by atoms with E-state index in [9.17, 15) is 0 Å². The van der Waals surface area contributed by atoms with Crippen molar-refractivity contribution in [3.8, 4) is 0 Å². The third-order valence-electron chi connectivity index (χ3n) is 3.84. The van der Waals surface area contributed by atoms with Gasteiger partial charge in [0.05, 0.1) is 16.9 Å². The fourth-order valence-corrected chi connectivity index (χ4v) is 2.85. The first-order valence-electron chi connectivity index (χ1n) is 7.33.